The van der Waals surface area contributed by atoms with Crippen LogP contribution in [0.15, 0.2) is 70.7 Å². The fourth-order valence-corrected chi connectivity index (χ4v) is 3.24. The van der Waals surface area contributed by atoms with E-state index in [4.69, 9.17) is 0 Å². The zero-order valence-electron chi connectivity index (χ0n) is 13.0. The lowest BCUT2D eigenvalue weighted by Crippen LogP contribution is -2.27. The molecule has 124 valence electrons. The molecule has 25 heavy (non-hydrogen) atoms. The summed E-state index contributed by atoms with van der Waals surface area (Å²) in [4.78, 5) is 19.6. The Bertz CT molecular complexity index is 1090. The molecule has 3 heterocycles. The van der Waals surface area contributed by atoms with Gasteiger partial charge in [-0.1, -0.05) is 18.2 Å². The summed E-state index contributed by atoms with van der Waals surface area (Å²) < 4.78 is 2.42. The summed E-state index contributed by atoms with van der Waals surface area (Å²) in [6.45, 7) is 0. The molecule has 0 spiro atoms. The highest BCUT2D eigenvalue weighted by molar-refractivity contribution is 7.98. The molecule has 0 aliphatic carbocycles. The molecule has 0 fully saturated rings. The monoisotopic (exact) mass is 351 g/mol. The number of pyridine rings is 1. The zero-order valence-corrected chi connectivity index (χ0v) is 13.8. The van der Waals surface area contributed by atoms with Crippen LogP contribution >= 0.6 is 11.8 Å². The molecule has 4 rings (SSSR count). The molecule has 7 nitrogen and oxygen atoms in total. The second-order valence-corrected chi connectivity index (χ2v) is 6.29. The molecule has 3 aromatic heterocycles. The van der Waals surface area contributed by atoms with E-state index in [-0.39, 0.29) is 5.56 Å². The molecule has 0 unspecified atom stereocenters. The number of para-hydroxylation sites is 1. The summed E-state index contributed by atoms with van der Waals surface area (Å²) in [7, 11) is 0. The topological polar surface area (TPSA) is 90.5 Å². The molecular weight excluding hydrogens is 338 g/mol. The Balaban J connectivity index is 1.71. The Kier molecular flexibility index (Phi) is 3.95. The van der Waals surface area contributed by atoms with Gasteiger partial charge in [-0.25, -0.2) is 9.67 Å². The number of hydrogen-bond acceptors (Lipinski definition) is 5. The molecule has 0 saturated heterocycles. The SMILES string of the molecule is O=c1[nH]c(CSc2cccc[n+]2[O-])nc2c1cnn2-c1ccccc1. The van der Waals surface area contributed by atoms with Crippen molar-refractivity contribution in [2.45, 2.75) is 10.8 Å². The minimum absolute atomic E-state index is 0.245. The second kappa shape index (κ2) is 6.40. The quantitative estimate of drug-likeness (QED) is 0.345. The number of fused-ring (bicyclic) bond motifs is 1. The van der Waals surface area contributed by atoms with Gasteiger partial charge in [-0.05, 0) is 30.0 Å². The van der Waals surface area contributed by atoms with Crippen LogP contribution in [-0.4, -0.2) is 19.7 Å². The first kappa shape index (κ1) is 15.4. The van der Waals surface area contributed by atoms with Gasteiger partial charge in [0.2, 0.25) is 0 Å². The Labute approximate surface area is 146 Å². The van der Waals surface area contributed by atoms with Gasteiger partial charge in [-0.15, -0.1) is 0 Å². The van der Waals surface area contributed by atoms with Gasteiger partial charge in [0, 0.05) is 12.1 Å². The maximum absolute atomic E-state index is 12.3. The van der Waals surface area contributed by atoms with Crippen LogP contribution < -0.4 is 10.3 Å². The zero-order chi connectivity index (χ0) is 17.2. The van der Waals surface area contributed by atoms with Crippen LogP contribution in [0.1, 0.15) is 5.82 Å². The van der Waals surface area contributed by atoms with Crippen LogP contribution in [-0.2, 0) is 5.75 Å². The van der Waals surface area contributed by atoms with E-state index in [1.54, 1.807) is 22.9 Å². The van der Waals surface area contributed by atoms with E-state index < -0.39 is 0 Å². The van der Waals surface area contributed by atoms with Gasteiger partial charge in [0.1, 0.15) is 11.2 Å². The van der Waals surface area contributed by atoms with Crippen molar-refractivity contribution < 1.29 is 4.73 Å². The highest BCUT2D eigenvalue weighted by Crippen LogP contribution is 2.19. The minimum Gasteiger partial charge on any atom is -0.618 e. The number of aromatic amines is 1. The molecular formula is C17H13N5O2S. The lowest BCUT2D eigenvalue weighted by Gasteiger charge is -2.05. The number of aromatic nitrogens is 5. The van der Waals surface area contributed by atoms with E-state index in [1.807, 2.05) is 30.3 Å². The summed E-state index contributed by atoms with van der Waals surface area (Å²) >= 11 is 1.31. The average Bonchev–Trinajstić information content (AvgIpc) is 3.06. The van der Waals surface area contributed by atoms with E-state index in [2.05, 4.69) is 15.1 Å². The van der Waals surface area contributed by atoms with Crippen molar-refractivity contribution in [2.75, 3.05) is 0 Å². The predicted molar refractivity (Wildman–Crippen MR) is 94.4 cm³/mol. The Morgan fingerprint density at radius 2 is 1.96 bits per heavy atom. The average molecular weight is 351 g/mol. The van der Waals surface area contributed by atoms with Crippen LogP contribution in [0.25, 0.3) is 16.7 Å². The number of rotatable bonds is 4. The molecule has 0 atom stereocenters. The molecule has 0 bridgehead atoms. The van der Waals surface area contributed by atoms with Gasteiger partial charge in [0.25, 0.3) is 10.6 Å². The van der Waals surface area contributed by atoms with Crippen molar-refractivity contribution in [2.24, 2.45) is 0 Å². The van der Waals surface area contributed by atoms with Crippen LogP contribution in [0.4, 0.5) is 0 Å². The first-order valence-electron chi connectivity index (χ1n) is 7.56. The third-order valence-electron chi connectivity index (χ3n) is 3.63. The van der Waals surface area contributed by atoms with Crippen molar-refractivity contribution in [3.8, 4) is 5.69 Å². The van der Waals surface area contributed by atoms with Gasteiger partial charge >= 0.3 is 0 Å². The Morgan fingerprint density at radius 1 is 1.16 bits per heavy atom. The third kappa shape index (κ3) is 2.99. The first-order valence-corrected chi connectivity index (χ1v) is 8.54. The Hall–Kier alpha value is -3.13. The van der Waals surface area contributed by atoms with Crippen molar-refractivity contribution in [1.82, 2.24) is 19.7 Å². The summed E-state index contributed by atoms with van der Waals surface area (Å²) in [5.41, 5.74) is 1.08. The first-order chi connectivity index (χ1) is 12.2. The maximum atomic E-state index is 12.3. The fourth-order valence-electron chi connectivity index (χ4n) is 2.46. The molecule has 0 amide bonds. The second-order valence-electron chi connectivity index (χ2n) is 5.30. The van der Waals surface area contributed by atoms with Crippen molar-refractivity contribution in [1.29, 1.82) is 0 Å². The molecule has 4 aromatic rings. The van der Waals surface area contributed by atoms with E-state index in [0.717, 1.165) is 10.4 Å². The smallest absolute Gasteiger partial charge is 0.262 e. The molecule has 0 saturated carbocycles. The lowest BCUT2D eigenvalue weighted by molar-refractivity contribution is -0.645. The number of nitrogens with zero attached hydrogens (tertiary/aromatic N) is 4. The maximum Gasteiger partial charge on any atom is 0.262 e. The van der Waals surface area contributed by atoms with Crippen molar-refractivity contribution >= 4 is 22.8 Å². The normalized spacial score (nSPS) is 11.0. The highest BCUT2D eigenvalue weighted by Gasteiger charge is 2.13. The number of hydrogen-bond donors (Lipinski definition) is 1. The number of nitrogens with one attached hydrogen (secondary N) is 1. The van der Waals surface area contributed by atoms with E-state index >= 15 is 0 Å². The fraction of sp³-hybridized carbons (Fsp3) is 0.0588. The van der Waals surface area contributed by atoms with Gasteiger partial charge < -0.3 is 10.2 Å². The number of benzene rings is 1. The summed E-state index contributed by atoms with van der Waals surface area (Å²) in [6.07, 6.45) is 2.94. The van der Waals surface area contributed by atoms with Crippen LogP contribution in [0.3, 0.4) is 0 Å². The molecule has 1 aromatic carbocycles. The minimum atomic E-state index is -0.245. The van der Waals surface area contributed by atoms with Crippen LogP contribution in [0, 0.1) is 5.21 Å². The van der Waals surface area contributed by atoms with Gasteiger partial charge in [0.05, 0.1) is 17.6 Å². The van der Waals surface area contributed by atoms with E-state index in [0.29, 0.717) is 27.6 Å². The third-order valence-corrected chi connectivity index (χ3v) is 4.66. The summed E-state index contributed by atoms with van der Waals surface area (Å²) in [6, 6.07) is 14.7. The molecule has 1 N–H and O–H groups in total. The van der Waals surface area contributed by atoms with Crippen molar-refractivity contribution in [3.63, 3.8) is 0 Å². The number of thioether (sulfide) groups is 1. The van der Waals surface area contributed by atoms with Gasteiger partial charge in [-0.3, -0.25) is 4.79 Å². The molecule has 0 radical (unpaired) electrons. The lowest BCUT2D eigenvalue weighted by atomic mass is 10.3. The summed E-state index contributed by atoms with van der Waals surface area (Å²) in [5, 5.41) is 17.0. The largest absolute Gasteiger partial charge is 0.618 e. The van der Waals surface area contributed by atoms with Crippen LogP contribution in [0.5, 0.6) is 0 Å². The van der Waals surface area contributed by atoms with Gasteiger partial charge in [0.15, 0.2) is 11.8 Å². The highest BCUT2D eigenvalue weighted by atomic mass is 32.2. The molecule has 8 heteroatoms. The van der Waals surface area contributed by atoms with E-state index in [1.165, 1.54) is 24.2 Å². The number of H-pyrrole nitrogens is 1. The van der Waals surface area contributed by atoms with Crippen molar-refractivity contribution in [3.05, 3.63) is 82.3 Å². The van der Waals surface area contributed by atoms with E-state index in [9.17, 15) is 10.0 Å². The summed E-state index contributed by atoms with van der Waals surface area (Å²) in [5.74, 6) is 0.862. The standard InChI is InChI=1S/C17H13N5O2S/c23-17-13-10-18-22(12-6-2-1-3-7-12)16(13)19-14(20-17)11-25-15-8-4-5-9-21(15)24/h1-10H,11H2,(H,19,20,23). The predicted octanol–water partition coefficient (Wildman–Crippen LogP) is 2.03. The molecule has 0 aliphatic rings. The molecule has 0 aliphatic heterocycles. The van der Waals surface area contributed by atoms with Gasteiger partial charge in [-0.2, -0.15) is 9.83 Å². The van der Waals surface area contributed by atoms with Crippen LogP contribution in [0.2, 0.25) is 0 Å². The Morgan fingerprint density at radius 3 is 2.76 bits per heavy atom.